The second kappa shape index (κ2) is 9.14. The molecule has 35 heavy (non-hydrogen) atoms. The van der Waals surface area contributed by atoms with Crippen molar-refractivity contribution < 1.29 is 13.2 Å². The Hall–Kier alpha value is -3.14. The van der Waals surface area contributed by atoms with Gasteiger partial charge < -0.3 is 0 Å². The summed E-state index contributed by atoms with van der Waals surface area (Å²) in [6.07, 6.45) is 1.84. The van der Waals surface area contributed by atoms with Gasteiger partial charge in [-0.25, -0.2) is 9.97 Å². The van der Waals surface area contributed by atoms with E-state index in [2.05, 4.69) is 19.9 Å². The molecule has 0 bridgehead atoms. The van der Waals surface area contributed by atoms with E-state index in [0.29, 0.717) is 22.7 Å². The highest BCUT2D eigenvalue weighted by Crippen LogP contribution is 2.42. The molecule has 10 heteroatoms. The third-order valence-electron chi connectivity index (χ3n) is 6.77. The Bertz CT molecular complexity index is 1440. The number of nitrogens with zero attached hydrogens (tertiary/aromatic N) is 5. The summed E-state index contributed by atoms with van der Waals surface area (Å²) in [5.41, 5.74) is 3.46. The Kier molecular flexibility index (Phi) is 6.16. The maximum atomic E-state index is 13.7. The molecule has 0 aromatic carbocycles. The van der Waals surface area contributed by atoms with Crippen molar-refractivity contribution in [1.29, 1.82) is 0 Å². The molecule has 5 rings (SSSR count). The van der Waals surface area contributed by atoms with Gasteiger partial charge in [-0.1, -0.05) is 0 Å². The highest BCUT2D eigenvalue weighted by Gasteiger charge is 2.34. The van der Waals surface area contributed by atoms with Gasteiger partial charge in [0, 0.05) is 22.8 Å². The Morgan fingerprint density at radius 2 is 1.83 bits per heavy atom. The van der Waals surface area contributed by atoms with Gasteiger partial charge in [0.15, 0.2) is 5.65 Å². The van der Waals surface area contributed by atoms with Crippen LogP contribution in [-0.4, -0.2) is 24.5 Å². The lowest BCUT2D eigenvalue weighted by molar-refractivity contribution is -0.138. The van der Waals surface area contributed by atoms with Crippen molar-refractivity contribution in [1.82, 2.24) is 24.5 Å². The second-order valence-corrected chi connectivity index (χ2v) is 9.94. The molecule has 4 aromatic heterocycles. The first-order valence-corrected chi connectivity index (χ1v) is 12.4. The molecular formula is C25H24F3N5OS. The number of fused-ring (bicyclic) bond motifs is 1. The van der Waals surface area contributed by atoms with Crippen molar-refractivity contribution in [3.63, 3.8) is 0 Å². The van der Waals surface area contributed by atoms with Crippen molar-refractivity contribution in [2.45, 2.75) is 64.1 Å². The van der Waals surface area contributed by atoms with Crippen LogP contribution >= 0.6 is 11.3 Å². The fourth-order valence-corrected chi connectivity index (χ4v) is 5.99. The summed E-state index contributed by atoms with van der Waals surface area (Å²) in [5, 5.41) is 0. The first kappa shape index (κ1) is 23.6. The number of aromatic nitrogens is 5. The number of alkyl halides is 3. The van der Waals surface area contributed by atoms with Crippen LogP contribution in [-0.2, 0) is 12.7 Å². The largest absolute Gasteiger partial charge is 0.418 e. The van der Waals surface area contributed by atoms with E-state index in [1.165, 1.54) is 21.7 Å². The summed E-state index contributed by atoms with van der Waals surface area (Å²) >= 11 is 1.67. The predicted molar refractivity (Wildman–Crippen MR) is 128 cm³/mol. The number of aryl methyl sites for hydroxylation is 2. The normalized spacial score (nSPS) is 18.8. The van der Waals surface area contributed by atoms with Crippen molar-refractivity contribution >= 4 is 22.5 Å². The van der Waals surface area contributed by atoms with Crippen LogP contribution in [0.1, 0.15) is 70.6 Å². The van der Waals surface area contributed by atoms with E-state index in [4.69, 9.17) is 0 Å². The maximum absolute atomic E-state index is 13.7. The Morgan fingerprint density at radius 1 is 1.09 bits per heavy atom. The SMILES string of the molecule is Cc1cnc2cc([C@H]3CC[C@H](c4scnc4C)CC3)c(=O)n(Cc3ncccc3C(F)(F)F)c2n1. The Morgan fingerprint density at radius 3 is 2.51 bits per heavy atom. The zero-order valence-electron chi connectivity index (χ0n) is 19.3. The van der Waals surface area contributed by atoms with Gasteiger partial charge in [-0.05, 0) is 69.6 Å². The maximum Gasteiger partial charge on any atom is 0.418 e. The molecule has 0 spiro atoms. The van der Waals surface area contributed by atoms with Crippen molar-refractivity contribution in [2.24, 2.45) is 0 Å². The second-order valence-electron chi connectivity index (χ2n) is 9.06. The third-order valence-corrected chi connectivity index (χ3v) is 7.86. The summed E-state index contributed by atoms with van der Waals surface area (Å²) in [6.45, 7) is 3.43. The van der Waals surface area contributed by atoms with Gasteiger partial charge in [-0.2, -0.15) is 13.2 Å². The highest BCUT2D eigenvalue weighted by molar-refractivity contribution is 7.09. The molecule has 4 aromatic rings. The van der Waals surface area contributed by atoms with E-state index in [0.717, 1.165) is 37.4 Å². The van der Waals surface area contributed by atoms with Gasteiger partial charge in [-0.3, -0.25) is 19.3 Å². The predicted octanol–water partition coefficient (Wildman–Crippen LogP) is 5.77. The van der Waals surface area contributed by atoms with Gasteiger partial charge in [0.25, 0.3) is 5.56 Å². The van der Waals surface area contributed by atoms with Gasteiger partial charge in [0.2, 0.25) is 0 Å². The number of halogens is 3. The number of hydrogen-bond acceptors (Lipinski definition) is 6. The lowest BCUT2D eigenvalue weighted by atomic mass is 9.78. The minimum atomic E-state index is -4.57. The molecular weight excluding hydrogens is 475 g/mol. The molecule has 0 aliphatic heterocycles. The molecule has 0 unspecified atom stereocenters. The topological polar surface area (TPSA) is 73.6 Å². The van der Waals surface area contributed by atoms with Gasteiger partial charge in [-0.15, -0.1) is 11.3 Å². The van der Waals surface area contributed by atoms with Crippen molar-refractivity contribution in [2.75, 3.05) is 0 Å². The minimum absolute atomic E-state index is 0.0107. The van der Waals surface area contributed by atoms with Crippen LogP contribution in [0.5, 0.6) is 0 Å². The van der Waals surface area contributed by atoms with Crippen LogP contribution in [0.2, 0.25) is 0 Å². The highest BCUT2D eigenvalue weighted by atomic mass is 32.1. The van der Waals surface area contributed by atoms with E-state index in [9.17, 15) is 18.0 Å². The van der Waals surface area contributed by atoms with E-state index in [1.807, 2.05) is 12.4 Å². The first-order chi connectivity index (χ1) is 16.7. The van der Waals surface area contributed by atoms with Crippen LogP contribution in [0, 0.1) is 13.8 Å². The van der Waals surface area contributed by atoms with E-state index in [-0.39, 0.29) is 29.4 Å². The molecule has 1 aliphatic rings. The van der Waals surface area contributed by atoms with E-state index in [1.54, 1.807) is 30.5 Å². The molecule has 4 heterocycles. The fourth-order valence-electron chi connectivity index (χ4n) is 5.02. The molecule has 6 nitrogen and oxygen atoms in total. The molecule has 1 fully saturated rings. The van der Waals surface area contributed by atoms with E-state index >= 15 is 0 Å². The van der Waals surface area contributed by atoms with Gasteiger partial charge >= 0.3 is 6.18 Å². The average Bonchev–Trinajstić information content (AvgIpc) is 3.26. The van der Waals surface area contributed by atoms with Crippen molar-refractivity contribution in [3.05, 3.63) is 79.5 Å². The zero-order valence-corrected chi connectivity index (χ0v) is 20.2. The summed E-state index contributed by atoms with van der Waals surface area (Å²) < 4.78 is 42.2. The Balaban J connectivity index is 1.54. The number of pyridine rings is 2. The van der Waals surface area contributed by atoms with Crippen molar-refractivity contribution in [3.8, 4) is 0 Å². The zero-order chi connectivity index (χ0) is 24.7. The minimum Gasteiger partial charge on any atom is -0.285 e. The number of rotatable bonds is 4. The monoisotopic (exact) mass is 499 g/mol. The summed E-state index contributed by atoms with van der Waals surface area (Å²) in [7, 11) is 0. The van der Waals surface area contributed by atoms with Crippen LogP contribution < -0.4 is 5.56 Å². The van der Waals surface area contributed by atoms with Gasteiger partial charge in [0.1, 0.15) is 5.52 Å². The quantitative estimate of drug-likeness (QED) is 0.357. The van der Waals surface area contributed by atoms with Crippen LogP contribution in [0.3, 0.4) is 0 Å². The third kappa shape index (κ3) is 4.59. The molecule has 0 amide bonds. The average molecular weight is 500 g/mol. The fraction of sp³-hybridized carbons (Fsp3) is 0.400. The van der Waals surface area contributed by atoms with Gasteiger partial charge in [0.05, 0.1) is 34.7 Å². The Labute approximate surface area is 203 Å². The van der Waals surface area contributed by atoms with Crippen LogP contribution in [0.4, 0.5) is 13.2 Å². The molecule has 0 radical (unpaired) electrons. The summed E-state index contributed by atoms with van der Waals surface area (Å²) in [4.78, 5) is 32.2. The lowest BCUT2D eigenvalue weighted by Gasteiger charge is -2.28. The van der Waals surface area contributed by atoms with Crippen LogP contribution in [0.15, 0.2) is 40.9 Å². The first-order valence-electron chi connectivity index (χ1n) is 11.5. The smallest absolute Gasteiger partial charge is 0.285 e. The summed E-state index contributed by atoms with van der Waals surface area (Å²) in [6, 6.07) is 4.00. The number of thiazole rings is 1. The van der Waals surface area contributed by atoms with E-state index < -0.39 is 11.7 Å². The van der Waals surface area contributed by atoms with Crippen LogP contribution in [0.25, 0.3) is 11.2 Å². The molecule has 0 atom stereocenters. The molecule has 0 N–H and O–H groups in total. The standard InChI is InChI=1S/C25H24F3N5OS/c1-14-11-30-20-10-18(16-5-7-17(8-6-16)22-15(2)31-13-35-22)24(34)33(23(20)32-14)12-21-19(25(26,27)28)4-3-9-29-21/h3-4,9-11,13,16-17H,5-8,12H2,1-2H3/t16-,17-. The molecule has 1 aliphatic carbocycles. The molecule has 182 valence electrons. The summed E-state index contributed by atoms with van der Waals surface area (Å²) in [5.74, 6) is 0.434. The number of hydrogen-bond donors (Lipinski definition) is 0. The molecule has 0 saturated heterocycles. The molecule has 1 saturated carbocycles. The lowest BCUT2D eigenvalue weighted by Crippen LogP contribution is -2.29.